The molecule has 0 fully saturated rings. The highest BCUT2D eigenvalue weighted by molar-refractivity contribution is 5.28. The summed E-state index contributed by atoms with van der Waals surface area (Å²) in [6.07, 6.45) is 0. The van der Waals surface area contributed by atoms with Crippen molar-refractivity contribution in [2.24, 2.45) is 0 Å². The van der Waals surface area contributed by atoms with Crippen LogP contribution in [0.2, 0.25) is 0 Å². The summed E-state index contributed by atoms with van der Waals surface area (Å²) in [6.45, 7) is 1.17. The van der Waals surface area contributed by atoms with E-state index in [0.29, 0.717) is 0 Å². The maximum absolute atomic E-state index is 12.4. The molecule has 1 atom stereocenters. The highest BCUT2D eigenvalue weighted by Crippen LogP contribution is 2.27. The molecule has 1 aromatic rings. The summed E-state index contributed by atoms with van der Waals surface area (Å²) in [6, 6.07) is 9.51. The van der Waals surface area contributed by atoms with E-state index in [2.05, 4.69) is 0 Å². The molecule has 1 aromatic carbocycles. The third-order valence-corrected chi connectivity index (χ3v) is 1.89. The SMILES string of the molecule is CC(C#N)(c1ccccc1)N(F)F. The van der Waals surface area contributed by atoms with Gasteiger partial charge >= 0.3 is 0 Å². The Bertz CT molecular complexity index is 318. The monoisotopic (exact) mass is 182 g/mol. The summed E-state index contributed by atoms with van der Waals surface area (Å²) >= 11 is 0. The van der Waals surface area contributed by atoms with Crippen molar-refractivity contribution in [3.8, 4) is 6.07 Å². The van der Waals surface area contributed by atoms with Gasteiger partial charge in [0.2, 0.25) is 0 Å². The molecule has 0 saturated carbocycles. The Labute approximate surface area is 74.9 Å². The van der Waals surface area contributed by atoms with Crippen molar-refractivity contribution in [1.29, 1.82) is 5.26 Å². The van der Waals surface area contributed by atoms with Gasteiger partial charge in [0.15, 0.2) is 5.54 Å². The zero-order chi connectivity index (χ0) is 9.90. The summed E-state index contributed by atoms with van der Waals surface area (Å²) < 4.78 is 24.8. The second kappa shape index (κ2) is 3.50. The van der Waals surface area contributed by atoms with E-state index >= 15 is 0 Å². The highest BCUT2D eigenvalue weighted by atomic mass is 19.4. The first-order valence-corrected chi connectivity index (χ1v) is 3.70. The van der Waals surface area contributed by atoms with Gasteiger partial charge in [0.1, 0.15) is 0 Å². The Morgan fingerprint density at radius 3 is 2.23 bits per heavy atom. The van der Waals surface area contributed by atoms with Gasteiger partial charge in [-0.05, 0) is 12.5 Å². The fourth-order valence-corrected chi connectivity index (χ4v) is 0.963. The molecule has 0 aliphatic carbocycles. The molecular weight excluding hydrogens is 174 g/mol. The molecule has 0 aliphatic rings. The number of rotatable bonds is 2. The van der Waals surface area contributed by atoms with Gasteiger partial charge in [-0.25, -0.2) is 0 Å². The van der Waals surface area contributed by atoms with Gasteiger partial charge in [0, 0.05) is 5.34 Å². The van der Waals surface area contributed by atoms with Gasteiger partial charge in [0.25, 0.3) is 0 Å². The van der Waals surface area contributed by atoms with E-state index in [-0.39, 0.29) is 5.56 Å². The molecule has 0 amide bonds. The molecule has 0 N–H and O–H groups in total. The second-order valence-electron chi connectivity index (χ2n) is 2.78. The molecule has 0 radical (unpaired) electrons. The van der Waals surface area contributed by atoms with Crippen molar-refractivity contribution in [3.05, 3.63) is 35.9 Å². The second-order valence-corrected chi connectivity index (χ2v) is 2.78. The van der Waals surface area contributed by atoms with Gasteiger partial charge in [0.05, 0.1) is 6.07 Å². The summed E-state index contributed by atoms with van der Waals surface area (Å²) in [5, 5.41) is 7.56. The Morgan fingerprint density at radius 1 is 1.31 bits per heavy atom. The molecule has 68 valence electrons. The highest BCUT2D eigenvalue weighted by Gasteiger charge is 2.35. The third kappa shape index (κ3) is 1.65. The van der Waals surface area contributed by atoms with E-state index in [9.17, 15) is 8.96 Å². The number of halogens is 2. The van der Waals surface area contributed by atoms with Gasteiger partial charge in [-0.3, -0.25) is 0 Å². The minimum Gasteiger partial charge on any atom is -0.196 e. The average molecular weight is 182 g/mol. The molecular formula is C9H8F2N2. The third-order valence-electron chi connectivity index (χ3n) is 1.89. The standard InChI is InChI=1S/C9H8F2N2/c1-9(7-12,13(10)11)8-5-3-2-4-6-8/h2-6H,1H3. The predicted octanol–water partition coefficient (Wildman–Crippen LogP) is 2.50. The lowest BCUT2D eigenvalue weighted by Gasteiger charge is -2.21. The molecule has 0 bridgehead atoms. The van der Waals surface area contributed by atoms with E-state index < -0.39 is 10.9 Å². The van der Waals surface area contributed by atoms with Crippen LogP contribution in [0.1, 0.15) is 12.5 Å². The molecule has 0 saturated heterocycles. The molecule has 0 spiro atoms. The molecule has 0 aliphatic heterocycles. The van der Waals surface area contributed by atoms with Crippen LogP contribution in [-0.4, -0.2) is 5.34 Å². The fraction of sp³-hybridized carbons (Fsp3) is 0.222. The van der Waals surface area contributed by atoms with Crippen molar-refractivity contribution in [3.63, 3.8) is 0 Å². The van der Waals surface area contributed by atoms with Crippen molar-refractivity contribution >= 4 is 0 Å². The van der Waals surface area contributed by atoms with Crippen LogP contribution >= 0.6 is 0 Å². The van der Waals surface area contributed by atoms with E-state index in [0.717, 1.165) is 0 Å². The first-order chi connectivity index (χ1) is 6.11. The summed E-state index contributed by atoms with van der Waals surface area (Å²) in [4.78, 5) is 0. The van der Waals surface area contributed by atoms with Crippen LogP contribution in [0.15, 0.2) is 30.3 Å². The summed E-state index contributed by atoms with van der Waals surface area (Å²) in [7, 11) is 0. The Balaban J connectivity index is 3.13. The molecule has 0 aromatic heterocycles. The van der Waals surface area contributed by atoms with Crippen LogP contribution in [0.4, 0.5) is 8.96 Å². The first-order valence-electron chi connectivity index (χ1n) is 3.70. The van der Waals surface area contributed by atoms with Crippen molar-refractivity contribution in [1.82, 2.24) is 5.34 Å². The maximum Gasteiger partial charge on any atom is 0.192 e. The lowest BCUT2D eigenvalue weighted by molar-refractivity contribution is -0.211. The van der Waals surface area contributed by atoms with E-state index in [1.165, 1.54) is 19.1 Å². The normalized spacial score (nSPS) is 15.0. The van der Waals surface area contributed by atoms with Gasteiger partial charge in [-0.15, -0.1) is 0 Å². The summed E-state index contributed by atoms with van der Waals surface area (Å²) in [5.74, 6) is 0. The van der Waals surface area contributed by atoms with Gasteiger partial charge in [-0.2, -0.15) is 5.26 Å². The zero-order valence-electron chi connectivity index (χ0n) is 7.04. The topological polar surface area (TPSA) is 27.0 Å². The number of nitrogens with zero attached hydrogens (tertiary/aromatic N) is 2. The van der Waals surface area contributed by atoms with Crippen molar-refractivity contribution < 1.29 is 8.96 Å². The number of hydrogen-bond donors (Lipinski definition) is 0. The lowest BCUT2D eigenvalue weighted by Crippen LogP contribution is -2.31. The Hall–Kier alpha value is -1.47. The van der Waals surface area contributed by atoms with Crippen LogP contribution in [0.3, 0.4) is 0 Å². The average Bonchev–Trinajstić information content (AvgIpc) is 2.17. The molecule has 0 heterocycles. The van der Waals surface area contributed by atoms with E-state index in [4.69, 9.17) is 5.26 Å². The van der Waals surface area contributed by atoms with Crippen molar-refractivity contribution in [2.45, 2.75) is 12.5 Å². The van der Waals surface area contributed by atoms with Crippen LogP contribution in [0.25, 0.3) is 0 Å². The molecule has 4 heteroatoms. The van der Waals surface area contributed by atoms with Crippen LogP contribution in [0, 0.1) is 11.3 Å². The molecule has 13 heavy (non-hydrogen) atoms. The Morgan fingerprint density at radius 2 is 1.85 bits per heavy atom. The van der Waals surface area contributed by atoms with E-state index in [1.54, 1.807) is 24.3 Å². The van der Waals surface area contributed by atoms with Crippen LogP contribution < -0.4 is 0 Å². The quantitative estimate of drug-likeness (QED) is 0.657. The van der Waals surface area contributed by atoms with Crippen LogP contribution in [-0.2, 0) is 5.54 Å². The minimum absolute atomic E-state index is 0.280. The zero-order valence-corrected chi connectivity index (χ0v) is 7.04. The summed E-state index contributed by atoms with van der Waals surface area (Å²) in [5.41, 5.74) is -1.58. The predicted molar refractivity (Wildman–Crippen MR) is 43.5 cm³/mol. The number of benzene rings is 1. The first kappa shape index (κ1) is 9.62. The maximum atomic E-state index is 12.4. The smallest absolute Gasteiger partial charge is 0.192 e. The lowest BCUT2D eigenvalue weighted by atomic mass is 9.95. The van der Waals surface area contributed by atoms with Crippen molar-refractivity contribution in [2.75, 3.05) is 0 Å². The fourth-order valence-electron chi connectivity index (χ4n) is 0.963. The number of hydrogen-bond acceptors (Lipinski definition) is 2. The molecule has 2 nitrogen and oxygen atoms in total. The largest absolute Gasteiger partial charge is 0.196 e. The van der Waals surface area contributed by atoms with E-state index in [1.807, 2.05) is 0 Å². The minimum atomic E-state index is -1.86. The number of nitriles is 1. The Kier molecular flexibility index (Phi) is 2.59. The molecule has 1 unspecified atom stereocenters. The van der Waals surface area contributed by atoms with Crippen LogP contribution in [0.5, 0.6) is 0 Å². The molecule has 1 rings (SSSR count). The van der Waals surface area contributed by atoms with Gasteiger partial charge < -0.3 is 0 Å². The van der Waals surface area contributed by atoms with Gasteiger partial charge in [-0.1, -0.05) is 39.3 Å².